The van der Waals surface area contributed by atoms with E-state index in [1.54, 1.807) is 24.3 Å². The van der Waals surface area contributed by atoms with Crippen LogP contribution in [-0.4, -0.2) is 42.5 Å². The third-order valence-electron chi connectivity index (χ3n) is 5.44. The van der Waals surface area contributed by atoms with E-state index in [2.05, 4.69) is 10.3 Å². The molecule has 180 valence electrons. The predicted molar refractivity (Wildman–Crippen MR) is 134 cm³/mol. The summed E-state index contributed by atoms with van der Waals surface area (Å²) in [7, 11) is 1.55. The van der Waals surface area contributed by atoms with Crippen LogP contribution in [0.5, 0.6) is 5.88 Å². The lowest BCUT2D eigenvalue weighted by Gasteiger charge is -2.27. The molecule has 0 radical (unpaired) electrons. The molecule has 1 unspecified atom stereocenters. The summed E-state index contributed by atoms with van der Waals surface area (Å²) in [5.41, 5.74) is 3.58. The summed E-state index contributed by atoms with van der Waals surface area (Å²) in [6.07, 6.45) is -0.248. The Morgan fingerprint density at radius 3 is 2.49 bits per heavy atom. The average Bonchev–Trinajstić information content (AvgIpc) is 2.99. The fourth-order valence-electron chi connectivity index (χ4n) is 3.82. The smallest absolute Gasteiger partial charge is 0.409 e. The van der Waals surface area contributed by atoms with Gasteiger partial charge >= 0.3 is 6.09 Å². The molecule has 4 rings (SSSR count). The molecule has 8 nitrogen and oxygen atoms in total. The monoisotopic (exact) mass is 472 g/mol. The Kier molecular flexibility index (Phi) is 7.40. The average molecular weight is 473 g/mol. The number of benzene rings is 2. The first-order chi connectivity index (χ1) is 17.0. The lowest BCUT2D eigenvalue weighted by Crippen LogP contribution is -2.48. The molecule has 0 saturated carbocycles. The van der Waals surface area contributed by atoms with Crippen LogP contribution in [0.2, 0.25) is 0 Å². The van der Waals surface area contributed by atoms with Crippen LogP contribution in [0.25, 0.3) is 0 Å². The van der Waals surface area contributed by atoms with Crippen LogP contribution < -0.4 is 15.0 Å². The van der Waals surface area contributed by atoms with Crippen molar-refractivity contribution in [1.82, 2.24) is 10.3 Å². The van der Waals surface area contributed by atoms with Crippen LogP contribution in [0.3, 0.4) is 0 Å². The third-order valence-corrected chi connectivity index (χ3v) is 5.44. The minimum Gasteiger partial charge on any atom is -0.481 e. The first-order valence-corrected chi connectivity index (χ1v) is 11.4. The molecule has 1 aromatic heterocycles. The standard InChI is InChI=1S/C27H28N4O4/c1-18(2)16-31-22-12-8-7-11-21(22)24(20-13-14-23(34-3)28-15-20)29-25(26(31)32)30-27(33)35-17-19-9-5-4-6-10-19/h4-15,18,25H,16-17H2,1-3H3,(H,30,33). The Labute approximate surface area is 204 Å². The molecular weight excluding hydrogens is 444 g/mol. The number of methoxy groups -OCH3 is 1. The summed E-state index contributed by atoms with van der Waals surface area (Å²) < 4.78 is 10.5. The Bertz CT molecular complexity index is 1210. The van der Waals surface area contributed by atoms with Gasteiger partial charge in [-0.3, -0.25) is 10.1 Å². The highest BCUT2D eigenvalue weighted by molar-refractivity contribution is 6.20. The van der Waals surface area contributed by atoms with Crippen molar-refractivity contribution in [2.24, 2.45) is 10.9 Å². The van der Waals surface area contributed by atoms with E-state index < -0.39 is 12.3 Å². The van der Waals surface area contributed by atoms with Gasteiger partial charge in [0.2, 0.25) is 12.0 Å². The molecule has 8 heteroatoms. The van der Waals surface area contributed by atoms with Crippen molar-refractivity contribution in [3.8, 4) is 5.88 Å². The van der Waals surface area contributed by atoms with Crippen LogP contribution in [-0.2, 0) is 16.1 Å². The van der Waals surface area contributed by atoms with Crippen LogP contribution >= 0.6 is 0 Å². The molecule has 1 N–H and O–H groups in total. The van der Waals surface area contributed by atoms with E-state index in [0.29, 0.717) is 23.7 Å². The van der Waals surface area contributed by atoms with Gasteiger partial charge in [0.05, 0.1) is 18.5 Å². The number of ether oxygens (including phenoxy) is 2. The van der Waals surface area contributed by atoms with Gasteiger partial charge in [0.1, 0.15) is 6.61 Å². The quantitative estimate of drug-likeness (QED) is 0.557. The number of aliphatic imine (C=N–C) groups is 1. The molecule has 2 aromatic carbocycles. The maximum atomic E-state index is 13.6. The van der Waals surface area contributed by atoms with E-state index in [1.165, 1.54) is 0 Å². The van der Waals surface area contributed by atoms with Gasteiger partial charge < -0.3 is 14.4 Å². The number of pyridine rings is 1. The maximum Gasteiger partial charge on any atom is 0.409 e. The summed E-state index contributed by atoms with van der Waals surface area (Å²) in [6.45, 7) is 4.62. The molecule has 2 amide bonds. The number of anilines is 1. The van der Waals surface area contributed by atoms with Gasteiger partial charge in [-0.05, 0) is 23.6 Å². The molecule has 0 bridgehead atoms. The summed E-state index contributed by atoms with van der Waals surface area (Å²) in [5.74, 6) is 0.328. The summed E-state index contributed by atoms with van der Waals surface area (Å²) >= 11 is 0. The second-order valence-corrected chi connectivity index (χ2v) is 8.54. The number of rotatable bonds is 7. The second-order valence-electron chi connectivity index (χ2n) is 8.54. The van der Waals surface area contributed by atoms with Crippen molar-refractivity contribution in [2.45, 2.75) is 26.6 Å². The van der Waals surface area contributed by atoms with Crippen molar-refractivity contribution in [3.05, 3.63) is 89.6 Å². The van der Waals surface area contributed by atoms with Gasteiger partial charge in [-0.15, -0.1) is 0 Å². The van der Waals surface area contributed by atoms with E-state index in [9.17, 15) is 9.59 Å². The minimum absolute atomic E-state index is 0.0858. The molecule has 0 spiro atoms. The zero-order valence-corrected chi connectivity index (χ0v) is 20.0. The van der Waals surface area contributed by atoms with E-state index >= 15 is 0 Å². The summed E-state index contributed by atoms with van der Waals surface area (Å²) in [4.78, 5) is 37.0. The molecule has 0 saturated heterocycles. The molecule has 35 heavy (non-hydrogen) atoms. The van der Waals surface area contributed by atoms with Gasteiger partial charge in [0, 0.05) is 29.9 Å². The van der Waals surface area contributed by atoms with Gasteiger partial charge in [-0.25, -0.2) is 14.8 Å². The fraction of sp³-hybridized carbons (Fsp3) is 0.259. The molecule has 3 aromatic rings. The zero-order chi connectivity index (χ0) is 24.8. The first-order valence-electron chi connectivity index (χ1n) is 11.4. The van der Waals surface area contributed by atoms with Crippen LogP contribution in [0.4, 0.5) is 10.5 Å². The molecular formula is C27H28N4O4. The lowest BCUT2D eigenvalue weighted by molar-refractivity contribution is -0.120. The topological polar surface area (TPSA) is 93.1 Å². The first kappa shape index (κ1) is 23.9. The van der Waals surface area contributed by atoms with Gasteiger partial charge in [-0.2, -0.15) is 0 Å². The molecule has 2 heterocycles. The number of hydrogen-bond donors (Lipinski definition) is 1. The normalized spacial score (nSPS) is 15.2. The largest absolute Gasteiger partial charge is 0.481 e. The highest BCUT2D eigenvalue weighted by atomic mass is 16.5. The molecule has 1 aliphatic heterocycles. The number of benzodiazepines with no additional fused rings is 1. The van der Waals surface area contributed by atoms with Gasteiger partial charge in [0.25, 0.3) is 5.91 Å². The number of carbonyl (C=O) groups excluding carboxylic acids is 2. The lowest BCUT2D eigenvalue weighted by atomic mass is 10.0. The van der Waals surface area contributed by atoms with Crippen LogP contribution in [0.15, 0.2) is 77.9 Å². The number of alkyl carbamates (subject to hydrolysis) is 1. The predicted octanol–water partition coefficient (Wildman–Crippen LogP) is 4.18. The number of nitrogens with one attached hydrogen (secondary N) is 1. The molecule has 1 atom stereocenters. The van der Waals surface area contributed by atoms with Crippen molar-refractivity contribution < 1.29 is 19.1 Å². The number of hydrogen-bond acceptors (Lipinski definition) is 6. The van der Waals surface area contributed by atoms with E-state index in [-0.39, 0.29) is 18.4 Å². The molecule has 0 fully saturated rings. The van der Waals surface area contributed by atoms with Crippen molar-refractivity contribution in [2.75, 3.05) is 18.6 Å². The Morgan fingerprint density at radius 2 is 1.80 bits per heavy atom. The number of amides is 2. The second kappa shape index (κ2) is 10.8. The van der Waals surface area contributed by atoms with Crippen molar-refractivity contribution in [3.63, 3.8) is 0 Å². The number of para-hydroxylation sites is 1. The number of nitrogens with zero attached hydrogens (tertiary/aromatic N) is 3. The highest BCUT2D eigenvalue weighted by Crippen LogP contribution is 2.29. The van der Waals surface area contributed by atoms with E-state index in [4.69, 9.17) is 14.5 Å². The number of carbonyl (C=O) groups is 2. The van der Waals surface area contributed by atoms with E-state index in [1.807, 2.05) is 74.5 Å². The van der Waals surface area contributed by atoms with Crippen LogP contribution in [0, 0.1) is 5.92 Å². The fourth-order valence-corrected chi connectivity index (χ4v) is 3.82. The Morgan fingerprint density at radius 1 is 1.06 bits per heavy atom. The molecule has 1 aliphatic rings. The third kappa shape index (κ3) is 5.66. The Balaban J connectivity index is 1.69. The Hall–Kier alpha value is -4.20. The summed E-state index contributed by atoms with van der Waals surface area (Å²) in [6, 6.07) is 20.5. The van der Waals surface area contributed by atoms with Gasteiger partial charge in [-0.1, -0.05) is 62.4 Å². The SMILES string of the molecule is COc1ccc(C2=NC(NC(=O)OCc3ccccc3)C(=O)N(CC(C)C)c3ccccc32)cn1. The van der Waals surface area contributed by atoms with Crippen LogP contribution in [0.1, 0.15) is 30.5 Å². The van der Waals surface area contributed by atoms with Gasteiger partial charge in [0.15, 0.2) is 0 Å². The molecule has 0 aliphatic carbocycles. The van der Waals surface area contributed by atoms with E-state index in [0.717, 1.165) is 16.8 Å². The van der Waals surface area contributed by atoms with Crippen molar-refractivity contribution in [1.29, 1.82) is 0 Å². The van der Waals surface area contributed by atoms with Crippen molar-refractivity contribution >= 4 is 23.4 Å². The summed E-state index contributed by atoms with van der Waals surface area (Å²) in [5, 5.41) is 2.65. The zero-order valence-electron chi connectivity index (χ0n) is 20.0. The minimum atomic E-state index is -1.17. The number of aromatic nitrogens is 1. The maximum absolute atomic E-state index is 13.6. The number of fused-ring (bicyclic) bond motifs is 1. The highest BCUT2D eigenvalue weighted by Gasteiger charge is 2.33.